The van der Waals surface area contributed by atoms with Crippen molar-refractivity contribution in [2.24, 2.45) is 0 Å². The maximum Gasteiger partial charge on any atom is 0.257 e. The van der Waals surface area contributed by atoms with Gasteiger partial charge in [-0.2, -0.15) is 0 Å². The summed E-state index contributed by atoms with van der Waals surface area (Å²) in [4.78, 5) is 12.4. The summed E-state index contributed by atoms with van der Waals surface area (Å²) in [5, 5.41) is 5.97. The number of carbonyl (C=O) groups is 1. The van der Waals surface area contributed by atoms with Crippen LogP contribution in [0, 0.1) is 0 Å². The van der Waals surface area contributed by atoms with Gasteiger partial charge in [0.25, 0.3) is 5.91 Å². The molecule has 2 aromatic rings. The van der Waals surface area contributed by atoms with Gasteiger partial charge < -0.3 is 14.8 Å². The van der Waals surface area contributed by atoms with Gasteiger partial charge >= 0.3 is 0 Å². The Labute approximate surface area is 191 Å². The number of ether oxygens (including phenoxy) is 2. The molecule has 1 amide bonds. The van der Waals surface area contributed by atoms with E-state index in [1.807, 2.05) is 31.2 Å². The molecule has 0 spiro atoms. The van der Waals surface area contributed by atoms with Crippen LogP contribution in [0.25, 0.3) is 0 Å². The number of hydrogen-bond acceptors (Lipinski definition) is 4. The van der Waals surface area contributed by atoms with E-state index in [4.69, 9.17) is 21.7 Å². The summed E-state index contributed by atoms with van der Waals surface area (Å²) in [6, 6.07) is 14.6. The average molecular weight is 443 g/mol. The second-order valence-electron chi connectivity index (χ2n) is 7.56. The lowest BCUT2D eigenvalue weighted by Crippen LogP contribution is -2.34. The Kier molecular flexibility index (Phi) is 10.9. The molecule has 5 nitrogen and oxygen atoms in total. The third-order valence-corrected chi connectivity index (χ3v) is 5.09. The van der Waals surface area contributed by atoms with Crippen LogP contribution in [-0.4, -0.2) is 23.7 Å². The normalized spacial score (nSPS) is 11.5. The Hall–Kier alpha value is -2.60. The molecule has 0 aliphatic rings. The molecule has 0 saturated carbocycles. The second kappa shape index (κ2) is 13.7. The molecule has 1 unspecified atom stereocenters. The Morgan fingerprint density at radius 3 is 2.23 bits per heavy atom. The van der Waals surface area contributed by atoms with Gasteiger partial charge in [0.2, 0.25) is 0 Å². The van der Waals surface area contributed by atoms with Gasteiger partial charge in [-0.25, -0.2) is 0 Å². The van der Waals surface area contributed by atoms with Gasteiger partial charge in [-0.15, -0.1) is 0 Å². The monoisotopic (exact) mass is 442 g/mol. The molecule has 0 radical (unpaired) electrons. The molecule has 2 N–H and O–H groups in total. The molecule has 31 heavy (non-hydrogen) atoms. The van der Waals surface area contributed by atoms with Crippen LogP contribution in [0.3, 0.4) is 0 Å². The van der Waals surface area contributed by atoms with E-state index in [-0.39, 0.29) is 17.1 Å². The van der Waals surface area contributed by atoms with Crippen LogP contribution in [0.15, 0.2) is 48.5 Å². The minimum Gasteiger partial charge on any atom is -0.494 e. The van der Waals surface area contributed by atoms with Crippen molar-refractivity contribution in [3.8, 4) is 11.5 Å². The number of unbranched alkanes of at least 4 members (excludes halogenated alkanes) is 4. The first-order valence-electron chi connectivity index (χ1n) is 11.1. The minimum atomic E-state index is -0.268. The number of benzene rings is 2. The zero-order valence-corrected chi connectivity index (χ0v) is 19.6. The van der Waals surface area contributed by atoms with E-state index in [9.17, 15) is 4.79 Å². The highest BCUT2D eigenvalue weighted by Gasteiger charge is 2.09. The summed E-state index contributed by atoms with van der Waals surface area (Å²) in [6.45, 7) is 7.02. The molecule has 0 aliphatic carbocycles. The molecule has 0 saturated heterocycles. The first-order chi connectivity index (χ1) is 15.0. The molecule has 0 bridgehead atoms. The number of nitrogens with one attached hydrogen (secondary N) is 2. The summed E-state index contributed by atoms with van der Waals surface area (Å²) in [6.07, 6.45) is 7.14. The predicted octanol–water partition coefficient (Wildman–Crippen LogP) is 6.34. The van der Waals surface area contributed by atoms with Crippen LogP contribution in [0.5, 0.6) is 11.5 Å². The van der Waals surface area contributed by atoms with E-state index in [1.54, 1.807) is 24.3 Å². The van der Waals surface area contributed by atoms with Crippen LogP contribution in [0.4, 0.5) is 5.69 Å². The van der Waals surface area contributed by atoms with Gasteiger partial charge in [-0.3, -0.25) is 10.1 Å². The lowest BCUT2D eigenvalue weighted by atomic mass is 10.2. The van der Waals surface area contributed by atoms with Gasteiger partial charge in [0.05, 0.1) is 12.7 Å². The molecule has 0 heterocycles. The first-order valence-corrected chi connectivity index (χ1v) is 11.5. The fourth-order valence-electron chi connectivity index (χ4n) is 2.87. The van der Waals surface area contributed by atoms with E-state index in [2.05, 4.69) is 24.5 Å². The Bertz CT molecular complexity index is 807. The number of rotatable bonds is 12. The summed E-state index contributed by atoms with van der Waals surface area (Å²) in [5.74, 6) is 1.31. The van der Waals surface area contributed by atoms with Crippen molar-refractivity contribution in [3.63, 3.8) is 0 Å². The highest BCUT2D eigenvalue weighted by Crippen LogP contribution is 2.17. The molecule has 2 rings (SSSR count). The van der Waals surface area contributed by atoms with Crippen molar-refractivity contribution in [1.29, 1.82) is 0 Å². The summed E-state index contributed by atoms with van der Waals surface area (Å²) < 4.78 is 11.5. The summed E-state index contributed by atoms with van der Waals surface area (Å²) >= 11 is 5.27. The fraction of sp³-hybridized carbons (Fsp3) is 0.440. The van der Waals surface area contributed by atoms with Crippen LogP contribution >= 0.6 is 12.2 Å². The molecule has 0 fully saturated rings. The molecule has 6 heteroatoms. The van der Waals surface area contributed by atoms with Crippen molar-refractivity contribution in [2.45, 2.75) is 65.4 Å². The number of anilines is 1. The van der Waals surface area contributed by atoms with Crippen LogP contribution in [0.2, 0.25) is 0 Å². The van der Waals surface area contributed by atoms with Crippen LogP contribution < -0.4 is 20.1 Å². The minimum absolute atomic E-state index is 0.138. The van der Waals surface area contributed by atoms with Crippen molar-refractivity contribution in [2.75, 3.05) is 11.9 Å². The maximum absolute atomic E-state index is 12.4. The molecule has 0 aliphatic heterocycles. The van der Waals surface area contributed by atoms with Crippen molar-refractivity contribution >= 4 is 28.9 Å². The number of hydrogen-bond donors (Lipinski definition) is 2. The third kappa shape index (κ3) is 9.39. The van der Waals surface area contributed by atoms with E-state index < -0.39 is 0 Å². The second-order valence-corrected chi connectivity index (χ2v) is 7.96. The third-order valence-electron chi connectivity index (χ3n) is 4.88. The quantitative estimate of drug-likeness (QED) is 0.297. The highest BCUT2D eigenvalue weighted by molar-refractivity contribution is 7.80. The van der Waals surface area contributed by atoms with E-state index >= 15 is 0 Å². The molecular weight excluding hydrogens is 408 g/mol. The first kappa shape index (κ1) is 24.7. The van der Waals surface area contributed by atoms with Gasteiger partial charge in [-0.05, 0) is 80.5 Å². The number of amides is 1. The highest BCUT2D eigenvalue weighted by atomic mass is 32.1. The number of thiocarbonyl (C=S) groups is 1. The predicted molar refractivity (Wildman–Crippen MR) is 131 cm³/mol. The number of carbonyl (C=O) groups excluding carboxylic acids is 1. The summed E-state index contributed by atoms with van der Waals surface area (Å²) in [7, 11) is 0. The fourth-order valence-corrected chi connectivity index (χ4v) is 3.08. The Morgan fingerprint density at radius 1 is 0.935 bits per heavy atom. The van der Waals surface area contributed by atoms with Crippen molar-refractivity contribution in [1.82, 2.24) is 5.32 Å². The van der Waals surface area contributed by atoms with Crippen LogP contribution in [0.1, 0.15) is 69.7 Å². The van der Waals surface area contributed by atoms with Crippen molar-refractivity contribution < 1.29 is 14.3 Å². The Balaban J connectivity index is 1.75. The average Bonchev–Trinajstić information content (AvgIpc) is 2.77. The largest absolute Gasteiger partial charge is 0.494 e. The maximum atomic E-state index is 12.4. The van der Waals surface area contributed by atoms with Crippen LogP contribution in [-0.2, 0) is 0 Å². The van der Waals surface area contributed by atoms with Gasteiger partial charge in [0.1, 0.15) is 11.5 Å². The standard InChI is InChI=1S/C25H34N2O3S/c1-4-6-7-8-9-18-29-22-16-12-21(13-17-22)26-25(31)27-24(28)20-10-14-23(15-11-20)30-19(3)5-2/h10-17,19H,4-9,18H2,1-3H3,(H2,26,27,28,31). The van der Waals surface area contributed by atoms with Gasteiger partial charge in [0.15, 0.2) is 5.11 Å². The van der Waals surface area contributed by atoms with E-state index in [1.165, 1.54) is 25.7 Å². The van der Waals surface area contributed by atoms with E-state index in [0.29, 0.717) is 5.56 Å². The molecule has 1 atom stereocenters. The lowest BCUT2D eigenvalue weighted by Gasteiger charge is -2.13. The molecular formula is C25H34N2O3S. The zero-order chi connectivity index (χ0) is 22.5. The Morgan fingerprint density at radius 2 is 1.58 bits per heavy atom. The lowest BCUT2D eigenvalue weighted by molar-refractivity contribution is 0.0977. The smallest absolute Gasteiger partial charge is 0.257 e. The topological polar surface area (TPSA) is 59.6 Å². The van der Waals surface area contributed by atoms with Gasteiger partial charge in [-0.1, -0.05) is 39.5 Å². The van der Waals surface area contributed by atoms with Crippen molar-refractivity contribution in [3.05, 3.63) is 54.1 Å². The zero-order valence-electron chi connectivity index (χ0n) is 18.8. The molecule has 168 valence electrons. The molecule has 0 aromatic heterocycles. The summed E-state index contributed by atoms with van der Waals surface area (Å²) in [5.41, 5.74) is 1.31. The molecule has 2 aromatic carbocycles. The van der Waals surface area contributed by atoms with Gasteiger partial charge in [0, 0.05) is 11.3 Å². The van der Waals surface area contributed by atoms with E-state index in [0.717, 1.165) is 36.6 Å². The SMILES string of the molecule is CCCCCCCOc1ccc(NC(=S)NC(=O)c2ccc(OC(C)CC)cc2)cc1.